The Balaban J connectivity index is 1.35. The van der Waals surface area contributed by atoms with Crippen molar-refractivity contribution in [3.05, 3.63) is 36.7 Å². The van der Waals surface area contributed by atoms with Crippen LogP contribution in [0.4, 0.5) is 4.79 Å². The first-order valence-corrected chi connectivity index (χ1v) is 12.2. The highest BCUT2D eigenvalue weighted by Gasteiger charge is 2.42. The van der Waals surface area contributed by atoms with Crippen molar-refractivity contribution in [3.8, 4) is 11.4 Å². The molecule has 0 atom stereocenters. The number of nitrogens with zero attached hydrogens (tertiary/aromatic N) is 4. The van der Waals surface area contributed by atoms with Gasteiger partial charge in [0.1, 0.15) is 17.8 Å². The van der Waals surface area contributed by atoms with Gasteiger partial charge in [-0.15, -0.1) is 0 Å². The molecule has 0 aromatic carbocycles. The van der Waals surface area contributed by atoms with Crippen molar-refractivity contribution in [2.45, 2.75) is 50.7 Å². The zero-order chi connectivity index (χ0) is 24.7. The molecule has 0 radical (unpaired) electrons. The lowest BCUT2D eigenvalue weighted by molar-refractivity contribution is -0.135. The summed E-state index contributed by atoms with van der Waals surface area (Å²) in [6.07, 6.45) is 5.42. The highest BCUT2D eigenvalue weighted by molar-refractivity contribution is 5.91. The van der Waals surface area contributed by atoms with Gasteiger partial charge in [0.15, 0.2) is 0 Å². The number of nitrogens with one attached hydrogen (secondary N) is 3. The van der Waals surface area contributed by atoms with E-state index in [0.717, 1.165) is 5.69 Å². The summed E-state index contributed by atoms with van der Waals surface area (Å²) < 4.78 is 6.62. The van der Waals surface area contributed by atoms with Crippen LogP contribution >= 0.6 is 0 Å². The Morgan fingerprint density at radius 3 is 2.60 bits per heavy atom. The fourth-order valence-electron chi connectivity index (χ4n) is 4.56. The summed E-state index contributed by atoms with van der Waals surface area (Å²) in [5, 5.41) is 13.8. The number of pyridine rings is 1. The highest BCUT2D eigenvalue weighted by atomic mass is 16.6. The monoisotopic (exact) mass is 483 g/mol. The summed E-state index contributed by atoms with van der Waals surface area (Å²) in [5.41, 5.74) is 0.439. The average molecular weight is 484 g/mol. The lowest BCUT2D eigenvalue weighted by Gasteiger charge is -2.39. The number of amides is 3. The van der Waals surface area contributed by atoms with Crippen LogP contribution in [-0.4, -0.2) is 81.9 Å². The van der Waals surface area contributed by atoms with Crippen molar-refractivity contribution < 1.29 is 19.1 Å². The van der Waals surface area contributed by atoms with Crippen molar-refractivity contribution in [3.63, 3.8) is 0 Å². The number of ether oxygens (including phenoxy) is 1. The smallest absolute Gasteiger partial charge is 0.409 e. The van der Waals surface area contributed by atoms with E-state index in [1.807, 2.05) is 24.3 Å². The maximum atomic E-state index is 13.4. The van der Waals surface area contributed by atoms with Gasteiger partial charge in [0.25, 0.3) is 0 Å². The number of hydrogen-bond donors (Lipinski definition) is 3. The molecule has 11 nitrogen and oxygen atoms in total. The Bertz CT molecular complexity index is 1010. The predicted octanol–water partition coefficient (Wildman–Crippen LogP) is 0.921. The van der Waals surface area contributed by atoms with Gasteiger partial charge < -0.3 is 25.6 Å². The number of rotatable bonds is 7. The molecule has 3 N–H and O–H groups in total. The predicted molar refractivity (Wildman–Crippen MR) is 128 cm³/mol. The second-order valence-corrected chi connectivity index (χ2v) is 8.93. The van der Waals surface area contributed by atoms with Gasteiger partial charge in [0, 0.05) is 31.5 Å². The average Bonchev–Trinajstić information content (AvgIpc) is 3.34. The molecule has 0 unspecified atom stereocenters. The summed E-state index contributed by atoms with van der Waals surface area (Å²) in [4.78, 5) is 44.2. The van der Waals surface area contributed by atoms with Crippen LogP contribution in [0.15, 0.2) is 36.7 Å². The zero-order valence-corrected chi connectivity index (χ0v) is 20.0. The second kappa shape index (κ2) is 11.3. The first kappa shape index (κ1) is 24.6. The van der Waals surface area contributed by atoms with Gasteiger partial charge in [-0.1, -0.05) is 6.07 Å². The van der Waals surface area contributed by atoms with E-state index in [-0.39, 0.29) is 30.5 Å². The van der Waals surface area contributed by atoms with E-state index in [1.54, 1.807) is 28.9 Å². The molecule has 35 heavy (non-hydrogen) atoms. The number of carbonyl (C=O) groups excluding carboxylic acids is 3. The molecule has 2 saturated heterocycles. The molecule has 4 rings (SSSR count). The van der Waals surface area contributed by atoms with Crippen LogP contribution in [0.2, 0.25) is 0 Å². The van der Waals surface area contributed by atoms with Crippen molar-refractivity contribution in [2.75, 3.05) is 32.8 Å². The van der Waals surface area contributed by atoms with Gasteiger partial charge >= 0.3 is 6.09 Å². The van der Waals surface area contributed by atoms with Gasteiger partial charge in [-0.25, -0.2) is 4.79 Å². The first-order chi connectivity index (χ1) is 17.0. The minimum atomic E-state index is -0.975. The molecule has 3 amide bonds. The SMILES string of the molecule is CCOC(=O)N1CCC(NC(=O)C2(NC(=O)Cn3ccc(-c4ccccn4)n3)CCNCC2)CC1. The van der Waals surface area contributed by atoms with Crippen LogP contribution in [-0.2, 0) is 20.9 Å². The van der Waals surface area contributed by atoms with Crippen molar-refractivity contribution in [1.82, 2.24) is 35.6 Å². The van der Waals surface area contributed by atoms with Gasteiger partial charge in [0.05, 0.1) is 12.3 Å². The van der Waals surface area contributed by atoms with Crippen LogP contribution in [0.5, 0.6) is 0 Å². The van der Waals surface area contributed by atoms with Gasteiger partial charge in [-0.05, 0) is 63.9 Å². The minimum absolute atomic E-state index is 0.00716. The zero-order valence-electron chi connectivity index (χ0n) is 20.0. The topological polar surface area (TPSA) is 130 Å². The Morgan fingerprint density at radius 2 is 1.91 bits per heavy atom. The largest absolute Gasteiger partial charge is 0.450 e. The number of likely N-dealkylation sites (tertiary alicyclic amines) is 1. The lowest BCUT2D eigenvalue weighted by atomic mass is 9.86. The lowest BCUT2D eigenvalue weighted by Crippen LogP contribution is -2.64. The molecule has 2 fully saturated rings. The van der Waals surface area contributed by atoms with E-state index in [4.69, 9.17) is 4.74 Å². The van der Waals surface area contributed by atoms with E-state index in [2.05, 4.69) is 26.0 Å². The molecule has 2 aromatic heterocycles. The molecule has 0 aliphatic carbocycles. The number of hydrogen-bond acceptors (Lipinski definition) is 7. The molecule has 188 valence electrons. The van der Waals surface area contributed by atoms with E-state index in [0.29, 0.717) is 64.2 Å². The van der Waals surface area contributed by atoms with E-state index < -0.39 is 5.54 Å². The number of aromatic nitrogens is 3. The third-order valence-corrected chi connectivity index (χ3v) is 6.50. The Morgan fingerprint density at radius 1 is 1.14 bits per heavy atom. The Kier molecular flexibility index (Phi) is 7.96. The molecular formula is C24H33N7O4. The summed E-state index contributed by atoms with van der Waals surface area (Å²) >= 11 is 0. The maximum absolute atomic E-state index is 13.4. The third-order valence-electron chi connectivity index (χ3n) is 6.50. The normalized spacial score (nSPS) is 18.0. The van der Waals surface area contributed by atoms with E-state index >= 15 is 0 Å². The molecule has 0 saturated carbocycles. The summed E-state index contributed by atoms with van der Waals surface area (Å²) in [6, 6.07) is 7.34. The summed E-state index contributed by atoms with van der Waals surface area (Å²) in [6.45, 7) is 4.47. The van der Waals surface area contributed by atoms with Crippen LogP contribution < -0.4 is 16.0 Å². The molecular weight excluding hydrogens is 450 g/mol. The minimum Gasteiger partial charge on any atom is -0.450 e. The highest BCUT2D eigenvalue weighted by Crippen LogP contribution is 2.21. The van der Waals surface area contributed by atoms with Crippen molar-refractivity contribution >= 4 is 17.9 Å². The second-order valence-electron chi connectivity index (χ2n) is 8.93. The van der Waals surface area contributed by atoms with E-state index in [1.165, 1.54) is 0 Å². The fraction of sp³-hybridized carbons (Fsp3) is 0.542. The molecule has 0 spiro atoms. The summed E-state index contributed by atoms with van der Waals surface area (Å²) in [7, 11) is 0. The molecule has 2 aliphatic heterocycles. The van der Waals surface area contributed by atoms with Gasteiger partial charge in [-0.3, -0.25) is 19.3 Å². The first-order valence-electron chi connectivity index (χ1n) is 12.2. The van der Waals surface area contributed by atoms with Gasteiger partial charge in [-0.2, -0.15) is 5.10 Å². The van der Waals surface area contributed by atoms with Crippen LogP contribution in [0.3, 0.4) is 0 Å². The van der Waals surface area contributed by atoms with Crippen LogP contribution in [0.25, 0.3) is 11.4 Å². The van der Waals surface area contributed by atoms with Gasteiger partial charge in [0.2, 0.25) is 11.8 Å². The number of piperidine rings is 2. The summed E-state index contributed by atoms with van der Waals surface area (Å²) in [5.74, 6) is -0.438. The Hall–Kier alpha value is -3.47. The van der Waals surface area contributed by atoms with Crippen molar-refractivity contribution in [2.24, 2.45) is 0 Å². The standard InChI is InChI=1S/C24H33N7O4/c1-2-35-23(34)30-14-6-18(7-15-30)27-22(33)24(9-12-25-13-10-24)28-21(32)17-31-16-8-20(29-31)19-5-3-4-11-26-19/h3-5,8,11,16,18,25H,2,6-7,9-10,12-15,17H2,1H3,(H,27,33)(H,28,32). The number of carbonyl (C=O) groups is 3. The molecule has 11 heteroatoms. The van der Waals surface area contributed by atoms with Crippen LogP contribution in [0, 0.1) is 0 Å². The third kappa shape index (κ3) is 6.16. The molecule has 2 aromatic rings. The molecule has 0 bridgehead atoms. The molecule has 2 aliphatic rings. The van der Waals surface area contributed by atoms with E-state index in [9.17, 15) is 14.4 Å². The molecule has 4 heterocycles. The van der Waals surface area contributed by atoms with Crippen LogP contribution in [0.1, 0.15) is 32.6 Å². The fourth-order valence-corrected chi connectivity index (χ4v) is 4.56. The van der Waals surface area contributed by atoms with Crippen molar-refractivity contribution in [1.29, 1.82) is 0 Å². The Labute approximate surface area is 204 Å². The maximum Gasteiger partial charge on any atom is 0.409 e. The quantitative estimate of drug-likeness (QED) is 0.534.